The Morgan fingerprint density at radius 3 is 2.06 bits per heavy atom. The minimum Gasteiger partial charge on any atom is -0.324 e. The molecule has 2 heteroatoms. The van der Waals surface area contributed by atoms with Crippen LogP contribution in [0.3, 0.4) is 0 Å². The molecule has 0 aliphatic heterocycles. The van der Waals surface area contributed by atoms with Gasteiger partial charge in [0.15, 0.2) is 0 Å². The molecule has 0 aromatic carbocycles. The predicted octanol–water partition coefficient (Wildman–Crippen LogP) is 2.82. The predicted molar refractivity (Wildman–Crippen MR) is 69.4 cm³/mol. The van der Waals surface area contributed by atoms with E-state index < -0.39 is 0 Å². The van der Waals surface area contributed by atoms with E-state index in [-0.39, 0.29) is 5.54 Å². The van der Waals surface area contributed by atoms with Gasteiger partial charge >= 0.3 is 0 Å². The first-order valence-electron chi connectivity index (χ1n) is 7.18. The average molecular weight is 224 g/mol. The quantitative estimate of drug-likeness (QED) is 0.753. The van der Waals surface area contributed by atoms with Gasteiger partial charge in [-0.3, -0.25) is 0 Å². The van der Waals surface area contributed by atoms with Gasteiger partial charge < -0.3 is 11.1 Å². The SMILES string of the molecule is CCC1(CNCC2(N)CCCC2)CCCC1. The molecule has 0 amide bonds. The van der Waals surface area contributed by atoms with Crippen LogP contribution < -0.4 is 11.1 Å². The van der Waals surface area contributed by atoms with Gasteiger partial charge in [-0.1, -0.05) is 32.6 Å². The highest BCUT2D eigenvalue weighted by atomic mass is 14.9. The summed E-state index contributed by atoms with van der Waals surface area (Å²) in [5.41, 5.74) is 7.09. The van der Waals surface area contributed by atoms with Crippen LogP contribution in [0, 0.1) is 5.41 Å². The number of hydrogen-bond donors (Lipinski definition) is 2. The lowest BCUT2D eigenvalue weighted by molar-refractivity contribution is 0.256. The van der Waals surface area contributed by atoms with Crippen molar-refractivity contribution in [2.24, 2.45) is 11.1 Å². The van der Waals surface area contributed by atoms with E-state index in [1.54, 1.807) is 0 Å². The molecule has 0 spiro atoms. The molecule has 2 saturated carbocycles. The maximum absolute atomic E-state index is 6.37. The van der Waals surface area contributed by atoms with Crippen molar-refractivity contribution in [2.45, 2.75) is 70.3 Å². The van der Waals surface area contributed by atoms with E-state index in [2.05, 4.69) is 12.2 Å². The molecule has 2 nitrogen and oxygen atoms in total. The summed E-state index contributed by atoms with van der Waals surface area (Å²) >= 11 is 0. The van der Waals surface area contributed by atoms with E-state index in [0.717, 1.165) is 6.54 Å². The molecule has 0 aromatic heterocycles. The Bertz CT molecular complexity index is 213. The lowest BCUT2D eigenvalue weighted by Crippen LogP contribution is -2.48. The molecule has 0 saturated heterocycles. The summed E-state index contributed by atoms with van der Waals surface area (Å²) in [6.07, 6.45) is 12.2. The molecular formula is C14H28N2. The third kappa shape index (κ3) is 2.78. The van der Waals surface area contributed by atoms with Gasteiger partial charge in [0.05, 0.1) is 0 Å². The Hall–Kier alpha value is -0.0800. The van der Waals surface area contributed by atoms with E-state index in [0.29, 0.717) is 5.41 Å². The fraction of sp³-hybridized carbons (Fsp3) is 1.00. The maximum atomic E-state index is 6.37. The minimum absolute atomic E-state index is 0.119. The van der Waals surface area contributed by atoms with Crippen LogP contribution in [0.25, 0.3) is 0 Å². The number of nitrogens with two attached hydrogens (primary N) is 1. The van der Waals surface area contributed by atoms with Gasteiger partial charge in [0.2, 0.25) is 0 Å². The molecular weight excluding hydrogens is 196 g/mol. The minimum atomic E-state index is 0.119. The second-order valence-corrected chi connectivity index (χ2v) is 6.23. The van der Waals surface area contributed by atoms with Gasteiger partial charge in [0.25, 0.3) is 0 Å². The van der Waals surface area contributed by atoms with Crippen molar-refractivity contribution in [1.82, 2.24) is 5.32 Å². The molecule has 94 valence electrons. The molecule has 2 aliphatic rings. The summed E-state index contributed by atoms with van der Waals surface area (Å²) in [6.45, 7) is 4.58. The zero-order chi connectivity index (χ0) is 11.5. The first-order valence-corrected chi connectivity index (χ1v) is 7.18. The zero-order valence-electron chi connectivity index (χ0n) is 10.9. The largest absolute Gasteiger partial charge is 0.324 e. The Morgan fingerprint density at radius 1 is 0.938 bits per heavy atom. The van der Waals surface area contributed by atoms with Crippen LogP contribution in [0.15, 0.2) is 0 Å². The number of rotatable bonds is 5. The molecule has 0 atom stereocenters. The monoisotopic (exact) mass is 224 g/mol. The summed E-state index contributed by atoms with van der Waals surface area (Å²) in [5.74, 6) is 0. The van der Waals surface area contributed by atoms with Crippen molar-refractivity contribution in [3.05, 3.63) is 0 Å². The van der Waals surface area contributed by atoms with E-state index >= 15 is 0 Å². The maximum Gasteiger partial charge on any atom is 0.0280 e. The van der Waals surface area contributed by atoms with Crippen LogP contribution in [0.5, 0.6) is 0 Å². The van der Waals surface area contributed by atoms with Crippen LogP contribution in [0.2, 0.25) is 0 Å². The summed E-state index contributed by atoms with van der Waals surface area (Å²) in [6, 6.07) is 0. The first-order chi connectivity index (χ1) is 7.68. The molecule has 3 N–H and O–H groups in total. The van der Waals surface area contributed by atoms with Gasteiger partial charge in [0.1, 0.15) is 0 Å². The van der Waals surface area contributed by atoms with E-state index in [4.69, 9.17) is 5.73 Å². The normalized spacial score (nSPS) is 27.4. The standard InChI is InChI=1S/C14H28N2/c1-2-13(7-3-4-8-13)11-16-12-14(15)9-5-6-10-14/h16H,2-12,15H2,1H3. The molecule has 0 radical (unpaired) electrons. The highest BCUT2D eigenvalue weighted by molar-refractivity contribution is 4.93. The van der Waals surface area contributed by atoms with Gasteiger partial charge in [-0.15, -0.1) is 0 Å². The van der Waals surface area contributed by atoms with Crippen LogP contribution in [-0.4, -0.2) is 18.6 Å². The summed E-state index contributed by atoms with van der Waals surface area (Å²) in [5, 5.41) is 3.68. The van der Waals surface area contributed by atoms with Crippen molar-refractivity contribution in [1.29, 1.82) is 0 Å². The molecule has 0 bridgehead atoms. The average Bonchev–Trinajstić information content (AvgIpc) is 2.89. The molecule has 2 rings (SSSR count). The van der Waals surface area contributed by atoms with Crippen molar-refractivity contribution >= 4 is 0 Å². The van der Waals surface area contributed by atoms with Gasteiger partial charge in [0, 0.05) is 18.6 Å². The van der Waals surface area contributed by atoms with Crippen molar-refractivity contribution < 1.29 is 0 Å². The second-order valence-electron chi connectivity index (χ2n) is 6.23. The fourth-order valence-corrected chi connectivity index (χ4v) is 3.61. The molecule has 0 aromatic rings. The Kier molecular flexibility index (Phi) is 3.91. The molecule has 2 fully saturated rings. The fourth-order valence-electron chi connectivity index (χ4n) is 3.61. The molecule has 0 unspecified atom stereocenters. The summed E-state index contributed by atoms with van der Waals surface area (Å²) in [7, 11) is 0. The van der Waals surface area contributed by atoms with Crippen LogP contribution in [-0.2, 0) is 0 Å². The van der Waals surface area contributed by atoms with Gasteiger partial charge in [-0.2, -0.15) is 0 Å². The molecule has 0 heterocycles. The smallest absolute Gasteiger partial charge is 0.0280 e. The number of hydrogen-bond acceptors (Lipinski definition) is 2. The van der Waals surface area contributed by atoms with Crippen molar-refractivity contribution in [3.63, 3.8) is 0 Å². The topological polar surface area (TPSA) is 38.0 Å². The molecule has 16 heavy (non-hydrogen) atoms. The van der Waals surface area contributed by atoms with Crippen molar-refractivity contribution in [3.8, 4) is 0 Å². The Balaban J connectivity index is 1.74. The highest BCUT2D eigenvalue weighted by Crippen LogP contribution is 2.40. The van der Waals surface area contributed by atoms with Gasteiger partial charge in [-0.05, 0) is 37.5 Å². The summed E-state index contributed by atoms with van der Waals surface area (Å²) in [4.78, 5) is 0. The van der Waals surface area contributed by atoms with Gasteiger partial charge in [-0.25, -0.2) is 0 Å². The van der Waals surface area contributed by atoms with E-state index in [1.165, 1.54) is 64.3 Å². The second kappa shape index (κ2) is 5.05. The number of nitrogens with one attached hydrogen (secondary N) is 1. The third-order valence-corrected chi connectivity index (χ3v) is 4.99. The van der Waals surface area contributed by atoms with E-state index in [1.807, 2.05) is 0 Å². The lowest BCUT2D eigenvalue weighted by atomic mass is 9.83. The highest BCUT2D eigenvalue weighted by Gasteiger charge is 2.33. The van der Waals surface area contributed by atoms with Crippen molar-refractivity contribution in [2.75, 3.05) is 13.1 Å². The van der Waals surface area contributed by atoms with Crippen LogP contribution in [0.1, 0.15) is 64.7 Å². The molecule has 2 aliphatic carbocycles. The zero-order valence-corrected chi connectivity index (χ0v) is 10.9. The Morgan fingerprint density at radius 2 is 1.50 bits per heavy atom. The summed E-state index contributed by atoms with van der Waals surface area (Å²) < 4.78 is 0. The Labute approximate surface area is 100 Å². The first kappa shape index (κ1) is 12.4. The lowest BCUT2D eigenvalue weighted by Gasteiger charge is -2.31. The van der Waals surface area contributed by atoms with Crippen LogP contribution >= 0.6 is 0 Å². The van der Waals surface area contributed by atoms with E-state index in [9.17, 15) is 0 Å². The van der Waals surface area contributed by atoms with Crippen LogP contribution in [0.4, 0.5) is 0 Å². The third-order valence-electron chi connectivity index (χ3n) is 4.99.